The third-order valence-corrected chi connectivity index (χ3v) is 21.5. The average Bonchev–Trinajstić information content (AvgIpc) is 1.67. The topological polar surface area (TPSA) is 413 Å². The number of aliphatic hydroxyl groups is 1. The number of aromatic hydroxyl groups is 1. The molecule has 33 heteroatoms. The molecular weight excluding hydrogens is 1450 g/mol. The molecule has 0 aliphatic carbocycles. The molecule has 5 aromatic rings. The number of ether oxygens (including phenoxy) is 1. The van der Waals surface area contributed by atoms with Crippen molar-refractivity contribution in [2.24, 2.45) is 23.7 Å². The molecule has 106 heavy (non-hydrogen) atoms. The first-order chi connectivity index (χ1) is 50.6. The van der Waals surface area contributed by atoms with E-state index in [-0.39, 0.29) is 125 Å². The molecule has 4 amide bonds. The Kier molecular flexibility index (Phi) is 31.8. The Balaban J connectivity index is 1.04. The second-order valence-corrected chi connectivity index (χ2v) is 30.9. The van der Waals surface area contributed by atoms with Gasteiger partial charge in [-0.15, -0.1) is 0 Å². The first-order valence-corrected chi connectivity index (χ1v) is 38.1. The highest BCUT2D eigenvalue weighted by atomic mass is 35.5. The number of Topliss-reactive ketones (excluding diaryl/α,β-unsaturated/α-hetero) is 3. The van der Waals surface area contributed by atoms with Gasteiger partial charge in [0.25, 0.3) is 6.47 Å². The zero-order valence-electron chi connectivity index (χ0n) is 59.0. The van der Waals surface area contributed by atoms with Crippen LogP contribution in [0.4, 0.5) is 5.69 Å². The molecule has 2 bridgehead atoms. The SMILES string of the molecule is CC(C)C[C@@H]1CC(=O)[C@H](CC(=O)O)NC(=O)[C@H](Cc2ccc(O)c(Cl)c2)CC(=O)[C@@H]2C[C@@H](O)CN2C(=O)[C@@H](NC(=O)[C@@H](CC(=O)[C@H](Cc2ccccc2)NC(=S)Nc2ccc(C[C@H]3CN(CC(=O)O)CCN(CC(=O)O)Cc4cccc(n4)CN3COC=O)cc2)Cc2cnc[nH]2)CSSC[C@@H](C)NC1=O. The third-order valence-electron chi connectivity index (χ3n) is 18.4. The normalized spacial score (nSPS) is 22.2. The minimum Gasteiger partial charge on any atom is -0.506 e. The summed E-state index contributed by atoms with van der Waals surface area (Å²) in [4.78, 5) is 170. The van der Waals surface area contributed by atoms with Crippen LogP contribution in [0.5, 0.6) is 5.75 Å². The molecule has 0 saturated carbocycles. The number of hydrogen-bond acceptors (Lipinski definition) is 22. The third kappa shape index (κ3) is 26.3. The number of ketones is 3. The van der Waals surface area contributed by atoms with Gasteiger partial charge in [-0.2, -0.15) is 0 Å². The lowest BCUT2D eigenvalue weighted by molar-refractivity contribution is -0.142. The molecule has 3 aliphatic heterocycles. The summed E-state index contributed by atoms with van der Waals surface area (Å²) < 4.78 is 5.32. The van der Waals surface area contributed by atoms with Crippen LogP contribution in [0, 0.1) is 23.7 Å². The molecule has 0 spiro atoms. The van der Waals surface area contributed by atoms with Gasteiger partial charge in [0.05, 0.1) is 72.4 Å². The zero-order valence-corrected chi connectivity index (χ0v) is 62.2. The molecular formula is C73H91ClN12O17S3. The van der Waals surface area contributed by atoms with Crippen LogP contribution < -0.4 is 26.6 Å². The highest BCUT2D eigenvalue weighted by molar-refractivity contribution is 8.76. The average molecular weight is 1540 g/mol. The van der Waals surface area contributed by atoms with Gasteiger partial charge in [-0.1, -0.05) is 102 Å². The fourth-order valence-electron chi connectivity index (χ4n) is 13.2. The van der Waals surface area contributed by atoms with Crippen molar-refractivity contribution < 1.29 is 83.0 Å². The first kappa shape index (κ1) is 82.8. The molecule has 3 aromatic carbocycles. The van der Waals surface area contributed by atoms with Gasteiger partial charge in [0.2, 0.25) is 23.6 Å². The van der Waals surface area contributed by atoms with E-state index < -0.39 is 145 Å². The predicted molar refractivity (Wildman–Crippen MR) is 399 cm³/mol. The summed E-state index contributed by atoms with van der Waals surface area (Å²) in [6.07, 6.45) is -0.536. The van der Waals surface area contributed by atoms with E-state index in [2.05, 4.69) is 36.6 Å². The quantitative estimate of drug-likeness (QED) is 0.0207. The van der Waals surface area contributed by atoms with Crippen molar-refractivity contribution in [1.82, 2.24) is 55.8 Å². The number of nitrogens with zero attached hydrogens (tertiary/aromatic N) is 6. The van der Waals surface area contributed by atoms with Gasteiger partial charge in [-0.05, 0) is 104 Å². The van der Waals surface area contributed by atoms with Crippen LogP contribution in [0.25, 0.3) is 0 Å². The first-order valence-electron chi connectivity index (χ1n) is 34.9. The fraction of sp³-hybridized carbons (Fsp3) is 0.479. The maximum absolute atomic E-state index is 15.3. The van der Waals surface area contributed by atoms with Gasteiger partial charge in [0.15, 0.2) is 22.5 Å². The lowest BCUT2D eigenvalue weighted by Crippen LogP contribution is -2.54. The van der Waals surface area contributed by atoms with Crippen LogP contribution in [0.1, 0.15) is 93.1 Å². The smallest absolute Gasteiger partial charge is 0.317 e. The number of benzene rings is 3. The standard InChI is InChI=1S/C73H91ClN12O17S3/c1-43(2)20-48-26-64(91)59(30-66(93)94)80-70(100)49(21-47-14-17-62(89)57(74)23-47)28-65(92)61-29-56(88)35-86(61)72(102)60(39-106-105-38-44(3)77-69(48)99)81-71(101)50(25-54-31-75-40-76-54)27-63(90)58(24-45-8-5-4-6-9-45)82-73(104)79-51-15-12-46(13-16-51)22-55-34-84(37-68(97)98)19-18-83(36-67(95)96)32-52-10-7-11-53(78-52)33-85(55)41-103-42-87/h4-17,23,31,40,42-44,48-50,55-56,58-61,88-89H,18-22,24-30,32-39,41H2,1-3H3,(H,75,76)(H,77,99)(H,80,100)(H,81,101)(H,93,94)(H,95,96)(H,97,98)(H2,79,82,104)/t44-,48-,49-,50-,55+,56-,58+,59+,60+,61+/m1/s1. The summed E-state index contributed by atoms with van der Waals surface area (Å²) in [7, 11) is 2.44. The van der Waals surface area contributed by atoms with Crippen LogP contribution in [-0.2, 0) is 96.2 Å². The molecule has 0 unspecified atom stereocenters. The number of imidazole rings is 1. The number of phenols is 1. The number of halogens is 1. The Morgan fingerprint density at radius 2 is 1.46 bits per heavy atom. The molecule has 570 valence electrons. The molecule has 11 N–H and O–H groups in total. The summed E-state index contributed by atoms with van der Waals surface area (Å²) in [6.45, 7) is 5.61. The van der Waals surface area contributed by atoms with E-state index in [0.29, 0.717) is 41.2 Å². The summed E-state index contributed by atoms with van der Waals surface area (Å²) in [5.41, 5.74) is 4.12. The number of fused-ring (bicyclic) bond motifs is 3. The number of H-pyrrole nitrogens is 1. The van der Waals surface area contributed by atoms with Crippen LogP contribution in [0.2, 0.25) is 5.02 Å². The van der Waals surface area contributed by atoms with E-state index in [1.54, 1.807) is 41.0 Å². The second-order valence-electron chi connectivity index (χ2n) is 27.5. The van der Waals surface area contributed by atoms with E-state index in [0.717, 1.165) is 16.0 Å². The number of phenolic OH excluding ortho intramolecular Hbond substituents is 1. The number of aromatic nitrogens is 3. The number of carbonyl (C=O) groups excluding carboxylic acids is 8. The van der Waals surface area contributed by atoms with Crippen molar-refractivity contribution in [3.8, 4) is 5.75 Å². The summed E-state index contributed by atoms with van der Waals surface area (Å²) >= 11 is 12.2. The Morgan fingerprint density at radius 1 is 0.783 bits per heavy atom. The molecule has 3 aliphatic rings. The number of aliphatic carboxylic acids is 3. The van der Waals surface area contributed by atoms with Crippen molar-refractivity contribution in [2.75, 3.05) is 62.8 Å². The Morgan fingerprint density at radius 3 is 2.14 bits per heavy atom. The minimum atomic E-state index is -1.63. The highest BCUT2D eigenvalue weighted by Crippen LogP contribution is 2.31. The van der Waals surface area contributed by atoms with E-state index in [4.69, 9.17) is 33.5 Å². The van der Waals surface area contributed by atoms with Gasteiger partial charge < -0.3 is 66.7 Å². The molecule has 10 atom stereocenters. The molecule has 2 saturated heterocycles. The molecule has 5 heterocycles. The number of carboxylic acid groups (broad SMARTS) is 3. The van der Waals surface area contributed by atoms with E-state index in [1.165, 1.54) is 52.3 Å². The fourth-order valence-corrected chi connectivity index (χ4v) is 16.1. The number of aromatic amines is 1. The van der Waals surface area contributed by atoms with Gasteiger partial charge in [-0.3, -0.25) is 72.4 Å². The number of carbonyl (C=O) groups is 11. The number of amides is 4. The maximum atomic E-state index is 15.3. The van der Waals surface area contributed by atoms with Gasteiger partial charge in [0.1, 0.15) is 18.5 Å². The number of anilines is 1. The summed E-state index contributed by atoms with van der Waals surface area (Å²) in [5, 5.41) is 66.1. The number of pyridine rings is 1. The Labute approximate surface area is 631 Å². The van der Waals surface area contributed by atoms with Crippen molar-refractivity contribution in [1.29, 1.82) is 0 Å². The largest absolute Gasteiger partial charge is 0.506 e. The highest BCUT2D eigenvalue weighted by Gasteiger charge is 2.44. The van der Waals surface area contributed by atoms with Crippen molar-refractivity contribution in [3.63, 3.8) is 0 Å². The molecule has 29 nitrogen and oxygen atoms in total. The van der Waals surface area contributed by atoms with Gasteiger partial charge in [0, 0.05) is 124 Å². The van der Waals surface area contributed by atoms with Crippen molar-refractivity contribution >= 4 is 122 Å². The molecule has 2 fully saturated rings. The number of nitrogens with one attached hydrogen (secondary N) is 6. The van der Waals surface area contributed by atoms with Gasteiger partial charge in [-0.25, -0.2) is 4.98 Å². The number of hydrogen-bond donors (Lipinski definition) is 11. The van der Waals surface area contributed by atoms with Gasteiger partial charge >= 0.3 is 17.9 Å². The number of thiocarbonyl (C=S) groups is 1. The summed E-state index contributed by atoms with van der Waals surface area (Å²) in [5.74, 6) is -12.0. The lowest BCUT2D eigenvalue weighted by Gasteiger charge is -2.36. The Hall–Kier alpha value is -8.89. The zero-order chi connectivity index (χ0) is 76.6. The van der Waals surface area contributed by atoms with E-state index >= 15 is 14.4 Å². The predicted octanol–water partition coefficient (Wildman–Crippen LogP) is 4.46. The van der Waals surface area contributed by atoms with Crippen LogP contribution in [-0.4, -0.2) is 230 Å². The number of rotatable bonds is 26. The number of carboxylic acids is 3. The minimum absolute atomic E-state index is 0.0443. The molecule has 8 rings (SSSR count). The molecule has 0 radical (unpaired) electrons. The Bertz CT molecular complexity index is 3880. The number of aliphatic hydroxyl groups excluding tert-OH is 1. The van der Waals surface area contributed by atoms with E-state index in [1.807, 2.05) is 67.3 Å². The molecule has 2 aromatic heterocycles. The van der Waals surface area contributed by atoms with Crippen molar-refractivity contribution in [3.05, 3.63) is 142 Å². The van der Waals surface area contributed by atoms with E-state index in [9.17, 15) is 63.9 Å². The van der Waals surface area contributed by atoms with Crippen LogP contribution in [0.15, 0.2) is 104 Å². The monoisotopic (exact) mass is 1540 g/mol. The van der Waals surface area contributed by atoms with Crippen LogP contribution >= 0.6 is 45.4 Å². The van der Waals surface area contributed by atoms with Crippen molar-refractivity contribution in [2.45, 2.75) is 140 Å². The summed E-state index contributed by atoms with van der Waals surface area (Å²) in [6, 6.07) is 19.4. The second kappa shape index (κ2) is 40.7. The lowest BCUT2D eigenvalue weighted by atomic mass is 9.88. The maximum Gasteiger partial charge on any atom is 0.317 e. The van der Waals surface area contributed by atoms with Crippen LogP contribution in [0.3, 0.4) is 0 Å².